The van der Waals surface area contributed by atoms with E-state index < -0.39 is 43.6 Å². The number of anilines is 1. The highest BCUT2D eigenvalue weighted by Gasteiger charge is 2.47. The number of hydrogen-bond acceptors (Lipinski definition) is 8. The monoisotopic (exact) mass is 683 g/mol. The molecule has 0 unspecified atom stereocenters. The second kappa shape index (κ2) is 12.6. The first-order valence-corrected chi connectivity index (χ1v) is 18.1. The SMILES string of the molecule is Cc1cc(N(C2CCNCC2)S(C)(=O)=O)cc(C)c1/C=C/S(=O)(=O)N1CCC2(CC1)N=C(c1cccc(OC(F)(F)F)c1)NC2=O. The molecule has 2 N–H and O–H groups in total. The van der Waals surface area contributed by atoms with Crippen LogP contribution in [-0.4, -0.2) is 83.3 Å². The summed E-state index contributed by atoms with van der Waals surface area (Å²) >= 11 is 0. The zero-order chi connectivity index (χ0) is 33.5. The first-order chi connectivity index (χ1) is 21.5. The predicted octanol–water partition coefficient (Wildman–Crippen LogP) is 3.43. The zero-order valence-corrected chi connectivity index (χ0v) is 27.2. The molecule has 0 saturated carbocycles. The lowest BCUT2D eigenvalue weighted by atomic mass is 9.89. The number of aryl methyl sites for hydroxylation is 2. The Morgan fingerprint density at radius 2 is 1.67 bits per heavy atom. The van der Waals surface area contributed by atoms with Crippen LogP contribution in [0.3, 0.4) is 0 Å². The molecule has 3 aliphatic heterocycles. The Balaban J connectivity index is 1.30. The molecule has 2 aromatic carbocycles. The van der Waals surface area contributed by atoms with Gasteiger partial charge in [-0.15, -0.1) is 13.2 Å². The van der Waals surface area contributed by atoms with Crippen LogP contribution in [0.25, 0.3) is 6.08 Å². The number of hydrogen-bond donors (Lipinski definition) is 2. The van der Waals surface area contributed by atoms with Gasteiger partial charge in [-0.25, -0.2) is 16.8 Å². The second-order valence-corrected chi connectivity index (χ2v) is 15.5. The highest BCUT2D eigenvalue weighted by atomic mass is 32.2. The molecule has 2 aromatic rings. The third kappa shape index (κ3) is 7.40. The lowest BCUT2D eigenvalue weighted by Crippen LogP contribution is -2.50. The van der Waals surface area contributed by atoms with Gasteiger partial charge in [0, 0.05) is 30.1 Å². The van der Waals surface area contributed by atoms with E-state index in [1.165, 1.54) is 33.1 Å². The quantitative estimate of drug-likeness (QED) is 0.435. The summed E-state index contributed by atoms with van der Waals surface area (Å²) in [4.78, 5) is 17.5. The molecule has 11 nitrogen and oxygen atoms in total. The minimum absolute atomic E-state index is 0.00453. The fourth-order valence-corrected chi connectivity index (χ4v) is 8.65. The number of halogens is 3. The van der Waals surface area contributed by atoms with E-state index in [-0.39, 0.29) is 43.4 Å². The molecule has 2 fully saturated rings. The molecule has 0 radical (unpaired) electrons. The van der Waals surface area contributed by atoms with Crippen LogP contribution in [-0.2, 0) is 24.8 Å². The Hall–Kier alpha value is -3.47. The summed E-state index contributed by atoms with van der Waals surface area (Å²) in [7, 11) is -7.45. The van der Waals surface area contributed by atoms with E-state index in [0.717, 1.165) is 41.8 Å². The molecule has 0 bridgehead atoms. The Morgan fingerprint density at radius 1 is 1.04 bits per heavy atom. The van der Waals surface area contributed by atoms with Gasteiger partial charge >= 0.3 is 6.36 Å². The highest BCUT2D eigenvalue weighted by molar-refractivity contribution is 7.92. The van der Waals surface area contributed by atoms with Crippen LogP contribution in [0.5, 0.6) is 5.75 Å². The Labute approximate surface area is 266 Å². The largest absolute Gasteiger partial charge is 0.573 e. The molecule has 3 aliphatic rings. The number of piperidine rings is 2. The summed E-state index contributed by atoms with van der Waals surface area (Å²) in [5.74, 6) is -0.806. The zero-order valence-electron chi connectivity index (χ0n) is 25.6. The van der Waals surface area contributed by atoms with E-state index in [2.05, 4.69) is 20.4 Å². The summed E-state index contributed by atoms with van der Waals surface area (Å²) in [6.07, 6.45) is -0.660. The van der Waals surface area contributed by atoms with Crippen LogP contribution in [0, 0.1) is 13.8 Å². The van der Waals surface area contributed by atoms with Gasteiger partial charge < -0.3 is 15.4 Å². The van der Waals surface area contributed by atoms with Crippen LogP contribution in [0.4, 0.5) is 18.9 Å². The molecule has 2 saturated heterocycles. The van der Waals surface area contributed by atoms with Crippen molar-refractivity contribution in [1.29, 1.82) is 0 Å². The number of carbonyl (C=O) groups is 1. The van der Waals surface area contributed by atoms with Crippen LogP contribution >= 0.6 is 0 Å². The first-order valence-electron chi connectivity index (χ1n) is 14.7. The van der Waals surface area contributed by atoms with Crippen LogP contribution in [0.1, 0.15) is 47.9 Å². The molecular weight excluding hydrogens is 647 g/mol. The van der Waals surface area contributed by atoms with Crippen molar-refractivity contribution in [3.8, 4) is 5.75 Å². The smallest absolute Gasteiger partial charge is 0.406 e. The van der Waals surface area contributed by atoms with Crippen molar-refractivity contribution in [2.75, 3.05) is 36.7 Å². The first kappa shape index (κ1) is 33.9. The van der Waals surface area contributed by atoms with Gasteiger partial charge in [0.1, 0.15) is 17.1 Å². The van der Waals surface area contributed by atoms with Crippen molar-refractivity contribution in [1.82, 2.24) is 14.9 Å². The fraction of sp³-hybridized carbons (Fsp3) is 0.467. The number of amidine groups is 1. The molecule has 46 heavy (non-hydrogen) atoms. The third-order valence-electron chi connectivity index (χ3n) is 8.47. The lowest BCUT2D eigenvalue weighted by Gasteiger charge is -2.35. The van der Waals surface area contributed by atoms with Gasteiger partial charge in [0.25, 0.3) is 5.91 Å². The van der Waals surface area contributed by atoms with Gasteiger partial charge in [0.15, 0.2) is 0 Å². The van der Waals surface area contributed by atoms with Crippen LogP contribution in [0.15, 0.2) is 46.8 Å². The maximum Gasteiger partial charge on any atom is 0.573 e. The van der Waals surface area contributed by atoms with Gasteiger partial charge in [-0.2, -0.15) is 4.31 Å². The van der Waals surface area contributed by atoms with Gasteiger partial charge in [0.05, 0.1) is 11.9 Å². The summed E-state index contributed by atoms with van der Waals surface area (Å²) in [6.45, 7) is 5.05. The molecule has 1 amide bonds. The fourth-order valence-electron chi connectivity index (χ4n) is 6.24. The van der Waals surface area contributed by atoms with Crippen LogP contribution < -0.4 is 19.7 Å². The van der Waals surface area contributed by atoms with Crippen molar-refractivity contribution in [2.24, 2.45) is 4.99 Å². The number of nitrogens with one attached hydrogen (secondary N) is 2. The van der Waals surface area contributed by atoms with Crippen molar-refractivity contribution < 1.29 is 39.5 Å². The third-order valence-corrected chi connectivity index (χ3v) is 11.3. The van der Waals surface area contributed by atoms with E-state index in [4.69, 9.17) is 0 Å². The van der Waals surface area contributed by atoms with Crippen LogP contribution in [0.2, 0.25) is 0 Å². The minimum Gasteiger partial charge on any atom is -0.406 e. The summed E-state index contributed by atoms with van der Waals surface area (Å²) < 4.78 is 96.9. The average molecular weight is 684 g/mol. The predicted molar refractivity (Wildman–Crippen MR) is 168 cm³/mol. The Kier molecular flexibility index (Phi) is 9.29. The molecule has 0 atom stereocenters. The van der Waals surface area contributed by atoms with E-state index in [0.29, 0.717) is 24.1 Å². The molecule has 5 rings (SSSR count). The number of alkyl halides is 3. The number of aliphatic imine (C=N–C) groups is 1. The van der Waals surface area contributed by atoms with Gasteiger partial charge in [0.2, 0.25) is 20.0 Å². The standard InChI is InChI=1S/C30H36F3N5O6S2/c1-20-17-24(38(45(3,40)41)23-7-12-34-13-8-23)18-21(2)26(20)9-16-46(42,43)37-14-10-29(11-15-37)28(39)35-27(36-29)22-5-4-6-25(19-22)44-30(31,32)33/h4-6,9,16-19,23,34H,7-8,10-15H2,1-3H3,(H,35,36,39)/b16-9+. The van der Waals surface area contributed by atoms with E-state index in [9.17, 15) is 34.8 Å². The minimum atomic E-state index is -4.87. The van der Waals surface area contributed by atoms with Crippen molar-refractivity contribution in [2.45, 2.75) is 57.5 Å². The molecule has 16 heteroatoms. The van der Waals surface area contributed by atoms with Gasteiger partial charge in [-0.05, 0) is 99.7 Å². The van der Waals surface area contributed by atoms with Gasteiger partial charge in [-0.1, -0.05) is 12.1 Å². The number of benzene rings is 2. The highest BCUT2D eigenvalue weighted by Crippen LogP contribution is 2.34. The van der Waals surface area contributed by atoms with E-state index in [1.54, 1.807) is 26.0 Å². The van der Waals surface area contributed by atoms with E-state index in [1.807, 2.05) is 0 Å². The number of ether oxygens (including phenoxy) is 1. The molecule has 3 heterocycles. The Morgan fingerprint density at radius 3 is 2.26 bits per heavy atom. The van der Waals surface area contributed by atoms with Gasteiger partial charge in [-0.3, -0.25) is 14.1 Å². The number of amides is 1. The summed E-state index contributed by atoms with van der Waals surface area (Å²) in [5, 5.41) is 6.97. The topological polar surface area (TPSA) is 137 Å². The Bertz CT molecular complexity index is 1760. The normalized spacial score (nSPS) is 19.8. The number of carbonyl (C=O) groups excluding carboxylic acids is 1. The molecule has 0 aromatic heterocycles. The summed E-state index contributed by atoms with van der Waals surface area (Å²) in [6, 6.07) is 8.45. The molecular formula is C30H36F3N5O6S2. The molecule has 250 valence electrons. The molecule has 0 aliphatic carbocycles. The molecule has 1 spiro atoms. The number of rotatable bonds is 8. The van der Waals surface area contributed by atoms with Crippen molar-refractivity contribution >= 4 is 43.6 Å². The number of sulfonamides is 2. The van der Waals surface area contributed by atoms with Crippen molar-refractivity contribution in [3.63, 3.8) is 0 Å². The number of nitrogens with zero attached hydrogens (tertiary/aromatic N) is 3. The van der Waals surface area contributed by atoms with Crippen molar-refractivity contribution in [3.05, 3.63) is 64.1 Å². The summed E-state index contributed by atoms with van der Waals surface area (Å²) in [5.41, 5.74) is 1.62. The maximum atomic E-state index is 13.3. The lowest BCUT2D eigenvalue weighted by molar-refractivity contribution is -0.274. The average Bonchev–Trinajstić information content (AvgIpc) is 3.27. The van der Waals surface area contributed by atoms with E-state index >= 15 is 0 Å². The maximum absolute atomic E-state index is 13.3. The second-order valence-electron chi connectivity index (χ2n) is 11.8.